The van der Waals surface area contributed by atoms with Crippen molar-refractivity contribution in [1.82, 2.24) is 0 Å². The van der Waals surface area contributed by atoms with Gasteiger partial charge in [0.25, 0.3) is 0 Å². The third-order valence-corrected chi connectivity index (χ3v) is 5.12. The average molecular weight is 285 g/mol. The number of para-hydroxylation sites is 1. The van der Waals surface area contributed by atoms with Crippen molar-refractivity contribution >= 4 is 9.84 Å². The topological polar surface area (TPSA) is 67.2 Å². The highest BCUT2D eigenvalue weighted by Crippen LogP contribution is 2.43. The molecule has 1 aliphatic rings. The molecule has 0 aliphatic carbocycles. The lowest BCUT2D eigenvalue weighted by molar-refractivity contribution is 0.442. The summed E-state index contributed by atoms with van der Waals surface area (Å²) in [4.78, 5) is 0.282. The summed E-state index contributed by atoms with van der Waals surface area (Å²) >= 11 is 0. The van der Waals surface area contributed by atoms with Crippen molar-refractivity contribution in [1.29, 1.82) is 5.26 Å². The Morgan fingerprint density at radius 3 is 2.55 bits per heavy atom. The Hall–Kier alpha value is -2.32. The van der Waals surface area contributed by atoms with E-state index in [1.807, 2.05) is 0 Å². The molecule has 4 nitrogen and oxygen atoms in total. The van der Waals surface area contributed by atoms with Gasteiger partial charge in [-0.25, -0.2) is 8.42 Å². The number of ether oxygens (including phenoxy) is 1. The van der Waals surface area contributed by atoms with Gasteiger partial charge in [-0.05, 0) is 36.8 Å². The van der Waals surface area contributed by atoms with Gasteiger partial charge in [0.15, 0.2) is 0 Å². The number of nitrogens with zero attached hydrogens (tertiary/aromatic N) is 1. The fraction of sp³-hybridized carbons (Fsp3) is 0.133. The summed E-state index contributed by atoms with van der Waals surface area (Å²) in [6, 6.07) is 13.5. The van der Waals surface area contributed by atoms with Gasteiger partial charge in [0.05, 0.1) is 12.0 Å². The summed E-state index contributed by atoms with van der Waals surface area (Å²) in [7, 11) is -3.60. The zero-order valence-electron chi connectivity index (χ0n) is 10.7. The highest BCUT2D eigenvalue weighted by atomic mass is 32.2. The maximum absolute atomic E-state index is 12.6. The smallest absolute Gasteiger partial charge is 0.213 e. The second-order valence-electron chi connectivity index (χ2n) is 4.61. The lowest BCUT2D eigenvalue weighted by Gasteiger charge is -2.21. The number of hydrogen-bond acceptors (Lipinski definition) is 4. The molecule has 2 aromatic rings. The minimum absolute atomic E-state index is 0.121. The molecular weight excluding hydrogens is 274 g/mol. The average Bonchev–Trinajstić information content (AvgIpc) is 2.46. The number of hydrogen-bond donors (Lipinski definition) is 0. The van der Waals surface area contributed by atoms with E-state index >= 15 is 0 Å². The summed E-state index contributed by atoms with van der Waals surface area (Å²) in [6.07, 6.45) is 0. The van der Waals surface area contributed by atoms with E-state index in [0.29, 0.717) is 17.1 Å². The first kappa shape index (κ1) is 12.7. The Labute approximate surface area is 117 Å². The zero-order valence-corrected chi connectivity index (χ0v) is 11.5. The van der Waals surface area contributed by atoms with Crippen LogP contribution in [0.2, 0.25) is 0 Å². The standard InChI is InChI=1S/C15H11NO3S/c1-10(9-16)11-6-7-13-15(8-11)20(17,18)14-5-3-2-4-12(14)19-13/h2-8,10H,1H3. The monoisotopic (exact) mass is 285 g/mol. The van der Waals surface area contributed by atoms with Gasteiger partial charge in [0, 0.05) is 0 Å². The van der Waals surface area contributed by atoms with Crippen molar-refractivity contribution in [2.45, 2.75) is 22.6 Å². The van der Waals surface area contributed by atoms with Gasteiger partial charge in [-0.3, -0.25) is 0 Å². The molecule has 0 bridgehead atoms. The quantitative estimate of drug-likeness (QED) is 0.688. The van der Waals surface area contributed by atoms with Gasteiger partial charge in [0.1, 0.15) is 21.3 Å². The number of nitriles is 1. The highest BCUT2D eigenvalue weighted by Gasteiger charge is 2.31. The molecule has 0 spiro atoms. The van der Waals surface area contributed by atoms with Crippen LogP contribution >= 0.6 is 0 Å². The molecule has 0 radical (unpaired) electrons. The summed E-state index contributed by atoms with van der Waals surface area (Å²) in [5.41, 5.74) is 0.665. The van der Waals surface area contributed by atoms with Crippen LogP contribution in [0.4, 0.5) is 0 Å². The van der Waals surface area contributed by atoms with E-state index in [0.717, 1.165) is 0 Å². The SMILES string of the molecule is CC(C#N)c1ccc2c(c1)S(=O)(=O)c1ccccc1O2. The first-order valence-corrected chi connectivity index (χ1v) is 7.58. The van der Waals surface area contributed by atoms with E-state index in [1.54, 1.807) is 37.3 Å². The maximum Gasteiger partial charge on any atom is 0.213 e. The second-order valence-corrected chi connectivity index (χ2v) is 6.50. The molecule has 0 amide bonds. The van der Waals surface area contributed by atoms with Crippen LogP contribution < -0.4 is 4.74 Å². The van der Waals surface area contributed by atoms with Crippen molar-refractivity contribution in [3.05, 3.63) is 48.0 Å². The summed E-state index contributed by atoms with van der Waals surface area (Å²) in [5, 5.41) is 8.95. The molecule has 0 aromatic heterocycles. The van der Waals surface area contributed by atoms with E-state index in [9.17, 15) is 8.42 Å². The third kappa shape index (κ3) is 1.77. The van der Waals surface area contributed by atoms with Gasteiger partial charge in [-0.2, -0.15) is 5.26 Å². The molecule has 100 valence electrons. The van der Waals surface area contributed by atoms with Crippen molar-refractivity contribution in [3.8, 4) is 17.6 Å². The van der Waals surface area contributed by atoms with E-state index in [2.05, 4.69) is 6.07 Å². The van der Waals surface area contributed by atoms with Gasteiger partial charge in [0.2, 0.25) is 9.84 Å². The number of rotatable bonds is 1. The van der Waals surface area contributed by atoms with Crippen LogP contribution in [0.5, 0.6) is 11.5 Å². The number of sulfone groups is 1. The van der Waals surface area contributed by atoms with Crippen LogP contribution in [0.25, 0.3) is 0 Å². The largest absolute Gasteiger partial charge is 0.455 e. The van der Waals surface area contributed by atoms with Crippen LogP contribution in [-0.2, 0) is 9.84 Å². The molecule has 1 aliphatic heterocycles. The fourth-order valence-corrected chi connectivity index (χ4v) is 3.69. The van der Waals surface area contributed by atoms with Gasteiger partial charge in [-0.1, -0.05) is 18.2 Å². The van der Waals surface area contributed by atoms with Gasteiger partial charge < -0.3 is 4.74 Å². The molecule has 20 heavy (non-hydrogen) atoms. The van der Waals surface area contributed by atoms with Crippen LogP contribution in [0.15, 0.2) is 52.3 Å². The predicted octanol–water partition coefficient (Wildman–Crippen LogP) is 3.25. The molecule has 5 heteroatoms. The molecule has 0 fully saturated rings. The van der Waals surface area contributed by atoms with Crippen molar-refractivity contribution in [2.75, 3.05) is 0 Å². The summed E-state index contributed by atoms with van der Waals surface area (Å²) in [5.74, 6) is 0.270. The van der Waals surface area contributed by atoms with Crippen LogP contribution in [0, 0.1) is 11.3 Å². The van der Waals surface area contributed by atoms with E-state index in [4.69, 9.17) is 10.00 Å². The Morgan fingerprint density at radius 2 is 1.80 bits per heavy atom. The van der Waals surface area contributed by atoms with E-state index < -0.39 is 9.84 Å². The molecule has 0 saturated heterocycles. The highest BCUT2D eigenvalue weighted by molar-refractivity contribution is 7.91. The summed E-state index contributed by atoms with van der Waals surface area (Å²) < 4.78 is 30.8. The molecule has 0 N–H and O–H groups in total. The molecule has 2 aromatic carbocycles. The Morgan fingerprint density at radius 1 is 1.10 bits per heavy atom. The van der Waals surface area contributed by atoms with E-state index in [1.165, 1.54) is 12.1 Å². The molecule has 3 rings (SSSR count). The second kappa shape index (κ2) is 4.36. The molecular formula is C15H11NO3S. The first-order valence-electron chi connectivity index (χ1n) is 6.09. The minimum Gasteiger partial charge on any atom is -0.455 e. The van der Waals surface area contributed by atoms with E-state index in [-0.39, 0.29) is 15.7 Å². The molecule has 1 atom stereocenters. The maximum atomic E-state index is 12.6. The van der Waals surface area contributed by atoms with Crippen LogP contribution in [0.3, 0.4) is 0 Å². The fourth-order valence-electron chi connectivity index (χ4n) is 2.16. The zero-order chi connectivity index (χ0) is 14.3. The molecule has 1 unspecified atom stereocenters. The van der Waals surface area contributed by atoms with Crippen LogP contribution in [0.1, 0.15) is 18.4 Å². The van der Waals surface area contributed by atoms with Crippen molar-refractivity contribution < 1.29 is 13.2 Å². The Bertz CT molecular complexity index is 834. The normalized spacial score (nSPS) is 16.2. The van der Waals surface area contributed by atoms with Crippen molar-refractivity contribution in [3.63, 3.8) is 0 Å². The van der Waals surface area contributed by atoms with Crippen molar-refractivity contribution in [2.24, 2.45) is 0 Å². The lowest BCUT2D eigenvalue weighted by Crippen LogP contribution is -2.11. The van der Waals surface area contributed by atoms with Crippen LogP contribution in [-0.4, -0.2) is 8.42 Å². The molecule has 1 heterocycles. The minimum atomic E-state index is -3.60. The summed E-state index contributed by atoms with van der Waals surface area (Å²) in [6.45, 7) is 1.73. The first-order chi connectivity index (χ1) is 9.54. The molecule has 0 saturated carbocycles. The Balaban J connectivity index is 2.24. The van der Waals surface area contributed by atoms with Gasteiger partial charge >= 0.3 is 0 Å². The number of benzene rings is 2. The predicted molar refractivity (Wildman–Crippen MR) is 72.4 cm³/mol. The third-order valence-electron chi connectivity index (χ3n) is 3.31. The Kier molecular flexibility index (Phi) is 2.77. The number of fused-ring (bicyclic) bond motifs is 2. The van der Waals surface area contributed by atoms with Gasteiger partial charge in [-0.15, -0.1) is 0 Å². The lowest BCUT2D eigenvalue weighted by atomic mass is 10.0.